The highest BCUT2D eigenvalue weighted by Gasteiger charge is 2.45. The summed E-state index contributed by atoms with van der Waals surface area (Å²) >= 11 is 0. The van der Waals surface area contributed by atoms with E-state index in [9.17, 15) is 8.78 Å². The van der Waals surface area contributed by atoms with Gasteiger partial charge in [0.1, 0.15) is 5.82 Å². The molecule has 0 bridgehead atoms. The molecule has 1 saturated carbocycles. The third-order valence-electron chi connectivity index (χ3n) is 3.14. The first-order valence-corrected chi connectivity index (χ1v) is 5.74. The lowest BCUT2D eigenvalue weighted by molar-refractivity contribution is -0.107. The molecular weight excluding hydrogens is 224 g/mol. The van der Waals surface area contributed by atoms with Crippen molar-refractivity contribution in [3.8, 4) is 0 Å². The van der Waals surface area contributed by atoms with Gasteiger partial charge in [-0.15, -0.1) is 0 Å². The number of pyridine rings is 1. The minimum absolute atomic E-state index is 0.00176. The monoisotopic (exact) mass is 241 g/mol. The number of halogens is 2. The van der Waals surface area contributed by atoms with E-state index in [0.717, 1.165) is 11.4 Å². The molecule has 0 aliphatic heterocycles. The molecule has 17 heavy (non-hydrogen) atoms. The van der Waals surface area contributed by atoms with Crippen LogP contribution < -0.4 is 10.6 Å². The molecule has 0 aromatic carbocycles. The zero-order chi connectivity index (χ0) is 12.5. The van der Waals surface area contributed by atoms with Crippen LogP contribution in [0.4, 0.5) is 14.6 Å². The van der Waals surface area contributed by atoms with Crippen molar-refractivity contribution in [1.29, 1.82) is 0 Å². The maximum absolute atomic E-state index is 12.7. The highest BCUT2D eigenvalue weighted by molar-refractivity contribution is 5.38. The number of alkyl halides is 2. The molecule has 1 aliphatic rings. The second kappa shape index (κ2) is 4.56. The van der Waals surface area contributed by atoms with Crippen LogP contribution in [-0.4, -0.2) is 24.5 Å². The third kappa shape index (κ3) is 2.91. The fraction of sp³-hybridized carbons (Fsp3) is 0.583. The fourth-order valence-electron chi connectivity index (χ4n) is 2.16. The summed E-state index contributed by atoms with van der Waals surface area (Å²) in [6.45, 7) is 1.09. The SMILES string of the molecule is CN(CC1CC(F)(F)C1)c1ccc(CN)cn1. The second-order valence-corrected chi connectivity index (χ2v) is 4.74. The van der Waals surface area contributed by atoms with Gasteiger partial charge in [0.05, 0.1) is 0 Å². The number of anilines is 1. The number of hydrogen-bond acceptors (Lipinski definition) is 3. The van der Waals surface area contributed by atoms with E-state index in [0.29, 0.717) is 13.1 Å². The van der Waals surface area contributed by atoms with E-state index in [1.54, 1.807) is 6.20 Å². The summed E-state index contributed by atoms with van der Waals surface area (Å²) in [5.74, 6) is -1.56. The minimum Gasteiger partial charge on any atom is -0.359 e. The van der Waals surface area contributed by atoms with Gasteiger partial charge in [-0.3, -0.25) is 0 Å². The van der Waals surface area contributed by atoms with Gasteiger partial charge in [0.2, 0.25) is 5.92 Å². The number of nitrogens with zero attached hydrogens (tertiary/aromatic N) is 2. The lowest BCUT2D eigenvalue weighted by Gasteiger charge is -2.37. The van der Waals surface area contributed by atoms with Gasteiger partial charge in [-0.1, -0.05) is 6.07 Å². The number of hydrogen-bond donors (Lipinski definition) is 1. The molecule has 5 heteroatoms. The molecule has 0 radical (unpaired) electrons. The topological polar surface area (TPSA) is 42.1 Å². The van der Waals surface area contributed by atoms with Gasteiger partial charge < -0.3 is 10.6 Å². The van der Waals surface area contributed by atoms with Crippen molar-refractivity contribution in [1.82, 2.24) is 4.98 Å². The minimum atomic E-state index is -2.44. The van der Waals surface area contributed by atoms with Crippen LogP contribution in [0.1, 0.15) is 18.4 Å². The number of nitrogens with two attached hydrogens (primary N) is 1. The Morgan fingerprint density at radius 3 is 2.65 bits per heavy atom. The standard InChI is InChI=1S/C12H17F2N3/c1-17(8-10-4-12(13,14)5-10)11-3-2-9(6-15)7-16-11/h2-3,7,10H,4-6,8,15H2,1H3. The van der Waals surface area contributed by atoms with Crippen molar-refractivity contribution >= 4 is 5.82 Å². The van der Waals surface area contributed by atoms with Crippen LogP contribution in [0.2, 0.25) is 0 Å². The first-order valence-electron chi connectivity index (χ1n) is 5.74. The first-order chi connectivity index (χ1) is 8.00. The lowest BCUT2D eigenvalue weighted by atomic mass is 9.81. The summed E-state index contributed by atoms with van der Waals surface area (Å²) in [6, 6.07) is 3.78. The van der Waals surface area contributed by atoms with Crippen LogP contribution in [0.25, 0.3) is 0 Å². The number of aromatic nitrogens is 1. The molecule has 1 aromatic heterocycles. The predicted molar refractivity (Wildman–Crippen MR) is 63.1 cm³/mol. The summed E-state index contributed by atoms with van der Waals surface area (Å²) in [7, 11) is 1.88. The predicted octanol–water partition coefficient (Wildman–Crippen LogP) is 2.02. The molecule has 0 spiro atoms. The van der Waals surface area contributed by atoms with Crippen molar-refractivity contribution in [2.45, 2.75) is 25.3 Å². The van der Waals surface area contributed by atoms with Crippen LogP contribution in [0.3, 0.4) is 0 Å². The Morgan fingerprint density at radius 1 is 1.47 bits per heavy atom. The molecule has 1 heterocycles. The van der Waals surface area contributed by atoms with Gasteiger partial charge in [0, 0.05) is 39.2 Å². The maximum atomic E-state index is 12.7. The van der Waals surface area contributed by atoms with Crippen molar-refractivity contribution in [2.24, 2.45) is 11.7 Å². The molecule has 0 unspecified atom stereocenters. The normalized spacial score (nSPS) is 18.8. The molecule has 3 nitrogen and oxygen atoms in total. The Labute approximate surface area is 99.6 Å². The zero-order valence-corrected chi connectivity index (χ0v) is 9.87. The molecule has 2 N–H and O–H groups in total. The van der Waals surface area contributed by atoms with Crippen molar-refractivity contribution in [2.75, 3.05) is 18.5 Å². The summed E-state index contributed by atoms with van der Waals surface area (Å²) in [5.41, 5.74) is 6.45. The van der Waals surface area contributed by atoms with Gasteiger partial charge in [-0.2, -0.15) is 0 Å². The molecular formula is C12H17F2N3. The number of rotatable bonds is 4. The van der Waals surface area contributed by atoms with E-state index >= 15 is 0 Å². The van der Waals surface area contributed by atoms with E-state index in [1.807, 2.05) is 24.1 Å². The van der Waals surface area contributed by atoms with E-state index in [-0.39, 0.29) is 18.8 Å². The molecule has 1 aromatic rings. The fourth-order valence-corrected chi connectivity index (χ4v) is 2.16. The zero-order valence-electron chi connectivity index (χ0n) is 9.87. The average molecular weight is 241 g/mol. The van der Waals surface area contributed by atoms with E-state index < -0.39 is 5.92 Å². The van der Waals surface area contributed by atoms with Crippen molar-refractivity contribution in [3.63, 3.8) is 0 Å². The van der Waals surface area contributed by atoms with Crippen molar-refractivity contribution in [3.05, 3.63) is 23.9 Å². The molecule has 1 aliphatic carbocycles. The van der Waals surface area contributed by atoms with Gasteiger partial charge in [-0.25, -0.2) is 13.8 Å². The highest BCUT2D eigenvalue weighted by atomic mass is 19.3. The van der Waals surface area contributed by atoms with Gasteiger partial charge in [-0.05, 0) is 17.5 Å². The smallest absolute Gasteiger partial charge is 0.248 e. The van der Waals surface area contributed by atoms with Gasteiger partial charge >= 0.3 is 0 Å². The average Bonchev–Trinajstić information content (AvgIpc) is 2.26. The Bertz CT molecular complexity index is 370. The molecule has 0 saturated heterocycles. The summed E-state index contributed by atoms with van der Waals surface area (Å²) in [5, 5.41) is 0. The van der Waals surface area contributed by atoms with Gasteiger partial charge in [0.25, 0.3) is 0 Å². The van der Waals surface area contributed by atoms with Crippen molar-refractivity contribution < 1.29 is 8.78 Å². The summed E-state index contributed by atoms with van der Waals surface area (Å²) in [6.07, 6.45) is 1.72. The van der Waals surface area contributed by atoms with Crippen LogP contribution in [0.15, 0.2) is 18.3 Å². The maximum Gasteiger partial charge on any atom is 0.248 e. The van der Waals surface area contributed by atoms with E-state index in [1.165, 1.54) is 0 Å². The molecule has 2 rings (SSSR count). The lowest BCUT2D eigenvalue weighted by Crippen LogP contribution is -2.41. The summed E-state index contributed by atoms with van der Waals surface area (Å²) in [4.78, 5) is 6.17. The van der Waals surface area contributed by atoms with E-state index in [4.69, 9.17) is 5.73 Å². The molecule has 0 atom stereocenters. The third-order valence-corrected chi connectivity index (χ3v) is 3.14. The second-order valence-electron chi connectivity index (χ2n) is 4.74. The van der Waals surface area contributed by atoms with E-state index in [2.05, 4.69) is 4.98 Å². The van der Waals surface area contributed by atoms with Crippen LogP contribution in [0, 0.1) is 5.92 Å². The first kappa shape index (κ1) is 12.2. The molecule has 94 valence electrons. The van der Waals surface area contributed by atoms with Crippen LogP contribution in [0.5, 0.6) is 0 Å². The van der Waals surface area contributed by atoms with Crippen LogP contribution >= 0.6 is 0 Å². The highest BCUT2D eigenvalue weighted by Crippen LogP contribution is 2.42. The quantitative estimate of drug-likeness (QED) is 0.877. The Balaban J connectivity index is 1.89. The largest absolute Gasteiger partial charge is 0.359 e. The Kier molecular flexibility index (Phi) is 3.28. The van der Waals surface area contributed by atoms with Crippen LogP contribution in [-0.2, 0) is 6.54 Å². The molecule has 0 amide bonds. The Morgan fingerprint density at radius 2 is 2.18 bits per heavy atom. The Hall–Kier alpha value is -1.23. The summed E-state index contributed by atoms with van der Waals surface area (Å²) < 4.78 is 25.4. The molecule has 1 fully saturated rings. The van der Waals surface area contributed by atoms with Gasteiger partial charge in [0.15, 0.2) is 0 Å².